The van der Waals surface area contributed by atoms with Gasteiger partial charge in [0.1, 0.15) is 0 Å². The number of H-pyrrole nitrogens is 1. The van der Waals surface area contributed by atoms with E-state index in [1.807, 2.05) is 6.33 Å². The summed E-state index contributed by atoms with van der Waals surface area (Å²) >= 11 is 0. The van der Waals surface area contributed by atoms with E-state index < -0.39 is 0 Å². The highest BCUT2D eigenvalue weighted by molar-refractivity contribution is 5.80. The second kappa shape index (κ2) is 5.77. The minimum Gasteiger partial charge on any atom is -0.354 e. The van der Waals surface area contributed by atoms with Gasteiger partial charge in [0.2, 0.25) is 12.1 Å². The van der Waals surface area contributed by atoms with Crippen molar-refractivity contribution in [3.8, 4) is 0 Å². The van der Waals surface area contributed by atoms with Gasteiger partial charge in [0.05, 0.1) is 6.54 Å². The molecule has 2 N–H and O–H groups in total. The summed E-state index contributed by atoms with van der Waals surface area (Å²) in [6.07, 6.45) is 7.89. The molecule has 0 bridgehead atoms. The van der Waals surface area contributed by atoms with E-state index in [0.717, 1.165) is 48.7 Å². The lowest BCUT2D eigenvalue weighted by Crippen LogP contribution is -2.35. The van der Waals surface area contributed by atoms with Crippen LogP contribution in [0.15, 0.2) is 6.33 Å². The summed E-state index contributed by atoms with van der Waals surface area (Å²) in [4.78, 5) is 12.9. The van der Waals surface area contributed by atoms with Crippen LogP contribution in [0, 0.1) is 0 Å². The van der Waals surface area contributed by atoms with Crippen molar-refractivity contribution in [1.29, 1.82) is 0 Å². The number of nitrogens with zero attached hydrogens (tertiary/aromatic N) is 3. The van der Waals surface area contributed by atoms with Crippen LogP contribution in [0.1, 0.15) is 57.7 Å². The molecule has 0 atom stereocenters. The van der Waals surface area contributed by atoms with Gasteiger partial charge in [0, 0.05) is 12.5 Å². The molecular weight excluding hydrogens is 250 g/mol. The Bertz CT molecular complexity index is 585. The minimum absolute atomic E-state index is 0.640. The van der Waals surface area contributed by atoms with Gasteiger partial charge in [-0.05, 0) is 25.7 Å². The highest BCUT2D eigenvalue weighted by atomic mass is 15.2. The Labute approximate surface area is 119 Å². The zero-order chi connectivity index (χ0) is 13.9. The normalized spacial score (nSPS) is 14.9. The molecule has 3 rings (SSSR count). The molecule has 0 spiro atoms. The van der Waals surface area contributed by atoms with Crippen LogP contribution in [0.2, 0.25) is 0 Å². The lowest BCUT2D eigenvalue weighted by atomic mass is 10.3. The third kappa shape index (κ3) is 2.62. The van der Waals surface area contributed by atoms with E-state index in [1.54, 1.807) is 0 Å². The fourth-order valence-corrected chi connectivity index (χ4v) is 2.47. The maximum absolute atomic E-state index is 4.81. The van der Waals surface area contributed by atoms with Crippen molar-refractivity contribution < 1.29 is 4.57 Å². The van der Waals surface area contributed by atoms with E-state index in [9.17, 15) is 0 Å². The van der Waals surface area contributed by atoms with Gasteiger partial charge >= 0.3 is 0 Å². The van der Waals surface area contributed by atoms with Crippen molar-refractivity contribution in [1.82, 2.24) is 15.0 Å². The Morgan fingerprint density at radius 3 is 2.90 bits per heavy atom. The number of unbranched alkanes of at least 4 members (excludes halogenated alkanes) is 1. The van der Waals surface area contributed by atoms with E-state index in [2.05, 4.69) is 33.7 Å². The van der Waals surface area contributed by atoms with Gasteiger partial charge in [-0.3, -0.25) is 0 Å². The Balaban J connectivity index is 1.95. The average molecular weight is 274 g/mol. The molecular formula is C15H24N5+. The molecule has 0 unspecified atom stereocenters. The van der Waals surface area contributed by atoms with Gasteiger partial charge in [-0.25, -0.2) is 4.57 Å². The van der Waals surface area contributed by atoms with Crippen LogP contribution in [-0.2, 0) is 6.54 Å². The lowest BCUT2D eigenvalue weighted by molar-refractivity contribution is -0.675. The van der Waals surface area contributed by atoms with Crippen molar-refractivity contribution in [3.05, 3.63) is 12.2 Å². The molecule has 0 aliphatic heterocycles. The summed E-state index contributed by atoms with van der Waals surface area (Å²) in [7, 11) is 0. The Morgan fingerprint density at radius 1 is 1.35 bits per heavy atom. The second-order valence-corrected chi connectivity index (χ2v) is 5.66. The van der Waals surface area contributed by atoms with Crippen LogP contribution < -0.4 is 9.88 Å². The molecule has 2 aromatic heterocycles. The topological polar surface area (TPSA) is 57.5 Å². The van der Waals surface area contributed by atoms with E-state index in [0.29, 0.717) is 5.92 Å². The molecule has 108 valence electrons. The van der Waals surface area contributed by atoms with Crippen molar-refractivity contribution in [2.45, 2.75) is 58.4 Å². The Kier molecular flexibility index (Phi) is 3.85. The van der Waals surface area contributed by atoms with E-state index in [1.165, 1.54) is 19.3 Å². The highest BCUT2D eigenvalue weighted by Crippen LogP contribution is 2.39. The number of fused-ring (bicyclic) bond motifs is 1. The summed E-state index contributed by atoms with van der Waals surface area (Å²) in [6.45, 7) is 6.31. The van der Waals surface area contributed by atoms with Crippen LogP contribution in [0.4, 0.5) is 5.82 Å². The summed E-state index contributed by atoms with van der Waals surface area (Å²) in [5.41, 5.74) is 2.11. The van der Waals surface area contributed by atoms with Crippen LogP contribution >= 0.6 is 0 Å². The lowest BCUT2D eigenvalue weighted by Gasteiger charge is -2.03. The number of aromatic nitrogens is 4. The number of anilines is 1. The third-order valence-corrected chi connectivity index (χ3v) is 3.79. The van der Waals surface area contributed by atoms with Gasteiger partial charge < -0.3 is 10.3 Å². The smallest absolute Gasteiger partial charge is 0.293 e. The first-order valence-corrected chi connectivity index (χ1v) is 7.85. The van der Waals surface area contributed by atoms with Crippen molar-refractivity contribution in [2.24, 2.45) is 0 Å². The maximum atomic E-state index is 4.81. The van der Waals surface area contributed by atoms with Crippen molar-refractivity contribution >= 4 is 17.0 Å². The minimum atomic E-state index is 0.640. The van der Waals surface area contributed by atoms with Crippen LogP contribution in [0.25, 0.3) is 11.2 Å². The molecule has 1 fully saturated rings. The van der Waals surface area contributed by atoms with E-state index in [4.69, 9.17) is 4.98 Å². The summed E-state index contributed by atoms with van der Waals surface area (Å²) < 4.78 is 2.16. The first kappa shape index (κ1) is 13.3. The number of hydrogen-bond donors (Lipinski definition) is 2. The number of aromatic amines is 1. The fourth-order valence-electron chi connectivity index (χ4n) is 2.47. The van der Waals surface area contributed by atoms with Crippen LogP contribution in [-0.4, -0.2) is 21.5 Å². The zero-order valence-corrected chi connectivity index (χ0v) is 12.4. The molecule has 0 radical (unpaired) electrons. The Hall–Kier alpha value is -1.65. The van der Waals surface area contributed by atoms with E-state index in [-0.39, 0.29) is 0 Å². The number of aryl methyl sites for hydroxylation is 1. The number of nitrogens with one attached hydrogen (secondary N) is 2. The van der Waals surface area contributed by atoms with Gasteiger partial charge in [-0.2, -0.15) is 0 Å². The fraction of sp³-hybridized carbons (Fsp3) is 0.667. The number of rotatable bonds is 7. The average Bonchev–Trinajstić information content (AvgIpc) is 3.20. The van der Waals surface area contributed by atoms with E-state index >= 15 is 0 Å². The number of hydrogen-bond acceptors (Lipinski definition) is 3. The molecule has 20 heavy (non-hydrogen) atoms. The summed E-state index contributed by atoms with van der Waals surface area (Å²) in [5, 5.41) is 3.43. The van der Waals surface area contributed by atoms with Crippen molar-refractivity contribution in [3.63, 3.8) is 0 Å². The first-order valence-electron chi connectivity index (χ1n) is 7.85. The van der Waals surface area contributed by atoms with Gasteiger partial charge in [0.25, 0.3) is 5.65 Å². The van der Waals surface area contributed by atoms with Crippen LogP contribution in [0.3, 0.4) is 0 Å². The monoisotopic (exact) mass is 274 g/mol. The molecule has 5 heteroatoms. The molecule has 5 nitrogen and oxygen atoms in total. The number of imidazole rings is 1. The molecule has 0 aromatic carbocycles. The van der Waals surface area contributed by atoms with Gasteiger partial charge in [-0.1, -0.05) is 30.2 Å². The largest absolute Gasteiger partial charge is 0.354 e. The van der Waals surface area contributed by atoms with Crippen LogP contribution in [0.5, 0.6) is 0 Å². The predicted molar refractivity (Wildman–Crippen MR) is 79.7 cm³/mol. The van der Waals surface area contributed by atoms with Crippen molar-refractivity contribution in [2.75, 3.05) is 11.9 Å². The predicted octanol–water partition coefficient (Wildman–Crippen LogP) is 2.74. The first-order chi connectivity index (χ1) is 9.83. The third-order valence-electron chi connectivity index (χ3n) is 3.79. The van der Waals surface area contributed by atoms with Gasteiger partial charge in [0.15, 0.2) is 11.3 Å². The summed E-state index contributed by atoms with van der Waals surface area (Å²) in [5.74, 6) is 2.72. The Morgan fingerprint density at radius 2 is 2.20 bits per heavy atom. The molecule has 0 saturated heterocycles. The maximum Gasteiger partial charge on any atom is 0.293 e. The standard InChI is InChI=1S/C15H23N5/c1-3-5-8-16-14-12-15(20(9-4-2)10-17-14)19-13(18-12)11-6-7-11/h10-11H,3-9H2,1-2H3,(H,16,18,19)/p+1. The molecule has 0 amide bonds. The SMILES string of the molecule is CCCCNc1nc[n+](CCC)c2nc(C3CC3)[nH]c12. The molecule has 1 aliphatic rings. The highest BCUT2D eigenvalue weighted by Gasteiger charge is 2.31. The molecule has 1 saturated carbocycles. The molecule has 2 heterocycles. The summed E-state index contributed by atoms with van der Waals surface area (Å²) in [6, 6.07) is 0. The molecule has 1 aliphatic carbocycles. The zero-order valence-electron chi connectivity index (χ0n) is 12.4. The quantitative estimate of drug-likeness (QED) is 0.603. The van der Waals surface area contributed by atoms with Gasteiger partial charge in [-0.15, -0.1) is 0 Å². The second-order valence-electron chi connectivity index (χ2n) is 5.66. The molecule has 2 aromatic rings.